The highest BCUT2D eigenvalue weighted by atomic mass is 17.2. The summed E-state index contributed by atoms with van der Waals surface area (Å²) in [4.78, 5) is 11.0. The molecule has 9 atom stereocenters. The van der Waals surface area contributed by atoms with Gasteiger partial charge in [0, 0.05) is 0 Å². The van der Waals surface area contributed by atoms with Crippen molar-refractivity contribution >= 4 is 11.4 Å². The quantitative estimate of drug-likeness (QED) is 0.198. The Morgan fingerprint density at radius 1 is 0.892 bits per heavy atom. The van der Waals surface area contributed by atoms with Gasteiger partial charge in [-0.3, -0.25) is 0 Å². The molecule has 0 aliphatic heterocycles. The van der Waals surface area contributed by atoms with Gasteiger partial charge in [-0.15, -0.1) is 0 Å². The van der Waals surface area contributed by atoms with Gasteiger partial charge in [0.1, 0.15) is 5.69 Å². The molecule has 1 aromatic carbocycles. The van der Waals surface area contributed by atoms with Crippen LogP contribution in [0.1, 0.15) is 111 Å². The molecule has 4 fully saturated rings. The molecule has 0 saturated heterocycles. The Morgan fingerprint density at radius 3 is 2.54 bits per heavy atom. The van der Waals surface area contributed by atoms with Gasteiger partial charge in [0.15, 0.2) is 5.75 Å². The van der Waals surface area contributed by atoms with Crippen LogP contribution in [-0.4, -0.2) is 6.61 Å². The second-order valence-electron chi connectivity index (χ2n) is 14.3. The van der Waals surface area contributed by atoms with Crippen molar-refractivity contribution in [2.24, 2.45) is 52.3 Å². The van der Waals surface area contributed by atoms with E-state index >= 15 is 0 Å². The van der Waals surface area contributed by atoms with Crippen LogP contribution in [0.15, 0.2) is 18.2 Å². The molecule has 37 heavy (non-hydrogen) atoms. The van der Waals surface area contributed by atoms with E-state index in [4.69, 9.17) is 21.2 Å². The number of benzene rings is 1. The SMILES string of the molecule is CC(CCCC(C)[C@H]1CC[C@H]2[C@@H]3CCC4CCCC[C@]4(C)[C@H]3CC[C@]12C)COOc1cccc(N)c1N. The van der Waals surface area contributed by atoms with Gasteiger partial charge in [-0.25, -0.2) is 0 Å². The standard InChI is InChI=1S/C33H54N2O2/c1-22(21-36-37-30-13-8-12-29(34)31(30)35)9-7-10-23(2)26-16-17-27-25-15-14-24-11-5-6-19-32(24,3)28(25)18-20-33(26,27)4/h8,12-13,22-28H,5-7,9-11,14-21,34-35H2,1-4H3/t22?,23?,24?,25-,26+,27-,28-,32-,33+/m0/s1. The topological polar surface area (TPSA) is 70.5 Å². The molecule has 4 heteroatoms. The third kappa shape index (κ3) is 5.13. The third-order valence-corrected chi connectivity index (χ3v) is 12.3. The molecule has 5 rings (SSSR count). The first kappa shape index (κ1) is 27.2. The fourth-order valence-electron chi connectivity index (χ4n) is 10.2. The number of para-hydroxylation sites is 1. The fourth-order valence-corrected chi connectivity index (χ4v) is 10.2. The molecule has 3 unspecified atom stereocenters. The van der Waals surface area contributed by atoms with Gasteiger partial charge in [0.25, 0.3) is 0 Å². The van der Waals surface area contributed by atoms with Crippen LogP contribution in [0.2, 0.25) is 0 Å². The largest absolute Gasteiger partial charge is 0.397 e. The minimum absolute atomic E-state index is 0.447. The molecule has 0 heterocycles. The van der Waals surface area contributed by atoms with Crippen LogP contribution in [0.5, 0.6) is 5.75 Å². The molecule has 0 amide bonds. The molecule has 4 N–H and O–H groups in total. The minimum atomic E-state index is 0.447. The van der Waals surface area contributed by atoms with Gasteiger partial charge >= 0.3 is 0 Å². The van der Waals surface area contributed by atoms with Gasteiger partial charge in [-0.2, -0.15) is 4.89 Å². The Morgan fingerprint density at radius 2 is 1.70 bits per heavy atom. The van der Waals surface area contributed by atoms with Crippen molar-refractivity contribution in [3.63, 3.8) is 0 Å². The number of hydrogen-bond donors (Lipinski definition) is 2. The first-order chi connectivity index (χ1) is 17.7. The van der Waals surface area contributed by atoms with E-state index in [-0.39, 0.29) is 0 Å². The minimum Gasteiger partial charge on any atom is -0.397 e. The summed E-state index contributed by atoms with van der Waals surface area (Å²) in [6.07, 6.45) is 18.8. The summed E-state index contributed by atoms with van der Waals surface area (Å²) >= 11 is 0. The molecular formula is C33H54N2O2. The molecule has 4 saturated carbocycles. The van der Waals surface area contributed by atoms with E-state index < -0.39 is 0 Å². The van der Waals surface area contributed by atoms with Gasteiger partial charge in [-0.1, -0.05) is 59.4 Å². The normalized spacial score (nSPS) is 38.8. The summed E-state index contributed by atoms with van der Waals surface area (Å²) in [5.74, 6) is 6.76. The third-order valence-electron chi connectivity index (χ3n) is 12.3. The highest BCUT2D eigenvalue weighted by molar-refractivity contribution is 5.70. The van der Waals surface area contributed by atoms with E-state index in [9.17, 15) is 0 Å². The number of fused-ring (bicyclic) bond motifs is 5. The molecule has 4 aliphatic carbocycles. The predicted molar refractivity (Wildman–Crippen MR) is 154 cm³/mol. The maximum absolute atomic E-state index is 5.97. The second kappa shape index (κ2) is 11.0. The number of nitrogens with two attached hydrogens (primary N) is 2. The first-order valence-electron chi connectivity index (χ1n) is 15.7. The Bertz CT molecular complexity index is 920. The zero-order valence-electron chi connectivity index (χ0n) is 24.1. The molecule has 4 nitrogen and oxygen atoms in total. The van der Waals surface area contributed by atoms with E-state index in [0.717, 1.165) is 35.5 Å². The summed E-state index contributed by atoms with van der Waals surface area (Å²) < 4.78 is 0. The van der Waals surface area contributed by atoms with E-state index in [1.54, 1.807) is 12.1 Å². The zero-order chi connectivity index (χ0) is 26.2. The van der Waals surface area contributed by atoms with Crippen molar-refractivity contribution in [1.82, 2.24) is 0 Å². The van der Waals surface area contributed by atoms with Gasteiger partial charge < -0.3 is 16.4 Å². The van der Waals surface area contributed by atoms with Gasteiger partial charge in [0.05, 0.1) is 12.3 Å². The molecule has 1 aromatic rings. The summed E-state index contributed by atoms with van der Waals surface area (Å²) in [6.45, 7) is 10.8. The van der Waals surface area contributed by atoms with Crippen molar-refractivity contribution in [2.75, 3.05) is 18.1 Å². The van der Waals surface area contributed by atoms with Crippen molar-refractivity contribution < 1.29 is 9.78 Å². The monoisotopic (exact) mass is 510 g/mol. The molecular weight excluding hydrogens is 456 g/mol. The molecule has 0 spiro atoms. The van der Waals surface area contributed by atoms with Crippen LogP contribution in [0, 0.1) is 52.3 Å². The van der Waals surface area contributed by atoms with E-state index in [0.29, 0.717) is 40.5 Å². The number of anilines is 2. The summed E-state index contributed by atoms with van der Waals surface area (Å²) in [7, 11) is 0. The Kier molecular flexibility index (Phi) is 8.06. The lowest BCUT2D eigenvalue weighted by Gasteiger charge is -2.61. The smallest absolute Gasteiger partial charge is 0.190 e. The average Bonchev–Trinajstić information content (AvgIpc) is 3.23. The maximum atomic E-state index is 5.97. The summed E-state index contributed by atoms with van der Waals surface area (Å²) in [5.41, 5.74) is 14.0. The summed E-state index contributed by atoms with van der Waals surface area (Å²) in [5, 5.41) is 0. The molecule has 0 bridgehead atoms. The fraction of sp³-hybridized carbons (Fsp3) is 0.818. The van der Waals surface area contributed by atoms with Crippen LogP contribution in [0.3, 0.4) is 0 Å². The first-order valence-corrected chi connectivity index (χ1v) is 15.7. The van der Waals surface area contributed by atoms with E-state index in [1.807, 2.05) is 6.07 Å². The van der Waals surface area contributed by atoms with Crippen LogP contribution in [0.4, 0.5) is 11.4 Å². The van der Waals surface area contributed by atoms with Crippen LogP contribution < -0.4 is 16.4 Å². The van der Waals surface area contributed by atoms with Crippen LogP contribution in [0.25, 0.3) is 0 Å². The van der Waals surface area contributed by atoms with Crippen molar-refractivity contribution in [2.45, 2.75) is 111 Å². The lowest BCUT2D eigenvalue weighted by Crippen LogP contribution is -2.53. The van der Waals surface area contributed by atoms with Crippen molar-refractivity contribution in [3.8, 4) is 5.75 Å². The molecule has 208 valence electrons. The Hall–Kier alpha value is -1.42. The van der Waals surface area contributed by atoms with Crippen LogP contribution >= 0.6 is 0 Å². The highest BCUT2D eigenvalue weighted by Gasteiger charge is 2.60. The second-order valence-corrected chi connectivity index (χ2v) is 14.3. The summed E-state index contributed by atoms with van der Waals surface area (Å²) in [6, 6.07) is 5.39. The lowest BCUT2D eigenvalue weighted by molar-refractivity contribution is -0.215. The maximum Gasteiger partial charge on any atom is 0.190 e. The van der Waals surface area contributed by atoms with Crippen molar-refractivity contribution in [1.29, 1.82) is 0 Å². The average molecular weight is 511 g/mol. The predicted octanol–water partition coefficient (Wildman–Crippen LogP) is 8.65. The zero-order valence-corrected chi connectivity index (χ0v) is 24.1. The molecule has 4 aliphatic rings. The van der Waals surface area contributed by atoms with Crippen LogP contribution in [-0.2, 0) is 4.89 Å². The van der Waals surface area contributed by atoms with E-state index in [1.165, 1.54) is 83.5 Å². The number of nitrogen functional groups attached to an aromatic ring is 2. The van der Waals surface area contributed by atoms with Gasteiger partial charge in [-0.05, 0) is 122 Å². The highest BCUT2D eigenvalue weighted by Crippen LogP contribution is 2.68. The van der Waals surface area contributed by atoms with Gasteiger partial charge in [0.2, 0.25) is 0 Å². The molecule has 0 radical (unpaired) electrons. The Labute approximate surface area is 226 Å². The molecule has 0 aromatic heterocycles. The lowest BCUT2D eigenvalue weighted by atomic mass is 9.44. The number of hydrogen-bond acceptors (Lipinski definition) is 4. The van der Waals surface area contributed by atoms with Crippen molar-refractivity contribution in [3.05, 3.63) is 18.2 Å². The van der Waals surface area contributed by atoms with E-state index in [2.05, 4.69) is 27.7 Å². The number of rotatable bonds is 9. The Balaban J connectivity index is 1.09.